The van der Waals surface area contributed by atoms with Gasteiger partial charge in [-0.15, -0.1) is 0 Å². The lowest BCUT2D eigenvalue weighted by Gasteiger charge is -2.02. The lowest BCUT2D eigenvalue weighted by atomic mass is 10.6. The van der Waals surface area contributed by atoms with Crippen molar-refractivity contribution < 1.29 is 9.58 Å². The summed E-state index contributed by atoms with van der Waals surface area (Å²) in [6, 6.07) is 0. The molecule has 0 aromatic carbocycles. The first-order chi connectivity index (χ1) is 4.70. The van der Waals surface area contributed by atoms with E-state index in [9.17, 15) is 0 Å². The average molecular weight is 145 g/mol. The van der Waals surface area contributed by atoms with Crippen molar-refractivity contribution in [2.75, 3.05) is 34.3 Å². The van der Waals surface area contributed by atoms with Gasteiger partial charge in [-0.1, -0.05) is 0 Å². The third-order valence-corrected chi connectivity index (χ3v) is 1.20. The number of hydrogen-bond acceptors (Lipinski definition) is 2. The quantitative estimate of drug-likeness (QED) is 0.319. The maximum Gasteiger partial charge on any atom is 0.206 e. The molecule has 0 spiro atoms. The Hall–Kier alpha value is -0.570. The van der Waals surface area contributed by atoms with E-state index in [1.54, 1.807) is 11.8 Å². The van der Waals surface area contributed by atoms with E-state index in [0.29, 0.717) is 0 Å². The average Bonchev–Trinajstić information content (AvgIpc) is 1.90. The second kappa shape index (κ2) is 5.23. The van der Waals surface area contributed by atoms with Crippen LogP contribution in [-0.2, 0) is 4.84 Å². The molecule has 3 nitrogen and oxygen atoms in total. The first-order valence-corrected chi connectivity index (χ1v) is 3.49. The Kier molecular flexibility index (Phi) is 4.94. The molecule has 0 radical (unpaired) electrons. The van der Waals surface area contributed by atoms with Crippen LogP contribution in [0.2, 0.25) is 0 Å². The van der Waals surface area contributed by atoms with Crippen LogP contribution in [0, 0.1) is 0 Å². The molecule has 0 fully saturated rings. The van der Waals surface area contributed by atoms with Crippen LogP contribution in [0.25, 0.3) is 0 Å². The van der Waals surface area contributed by atoms with Gasteiger partial charge in [0.1, 0.15) is 7.11 Å². The monoisotopic (exact) mass is 145 g/mol. The van der Waals surface area contributed by atoms with E-state index in [0.717, 1.165) is 13.1 Å². The van der Waals surface area contributed by atoms with E-state index in [4.69, 9.17) is 4.84 Å². The summed E-state index contributed by atoms with van der Waals surface area (Å²) in [4.78, 5) is 7.09. The minimum atomic E-state index is 0.893. The third-order valence-electron chi connectivity index (χ3n) is 1.20. The Morgan fingerprint density at radius 2 is 2.10 bits per heavy atom. The molecule has 60 valence electrons. The Labute approximate surface area is 62.9 Å². The second-order valence-corrected chi connectivity index (χ2v) is 2.36. The second-order valence-electron chi connectivity index (χ2n) is 2.36. The van der Waals surface area contributed by atoms with Gasteiger partial charge in [0.25, 0.3) is 0 Å². The summed E-state index contributed by atoms with van der Waals surface area (Å²) >= 11 is 0. The Morgan fingerprint density at radius 3 is 2.40 bits per heavy atom. The lowest BCUT2D eigenvalue weighted by Crippen LogP contribution is -2.21. The van der Waals surface area contributed by atoms with E-state index in [-0.39, 0.29) is 0 Å². The van der Waals surface area contributed by atoms with Crippen molar-refractivity contribution in [1.29, 1.82) is 0 Å². The number of hydroxylamine groups is 1. The van der Waals surface area contributed by atoms with Crippen LogP contribution in [0.4, 0.5) is 0 Å². The van der Waals surface area contributed by atoms with Crippen molar-refractivity contribution in [3.05, 3.63) is 0 Å². The summed E-state index contributed by atoms with van der Waals surface area (Å²) in [7, 11) is 5.73. The lowest BCUT2D eigenvalue weighted by molar-refractivity contribution is -0.775. The molecule has 0 saturated carbocycles. The van der Waals surface area contributed by atoms with Crippen molar-refractivity contribution in [3.8, 4) is 0 Å². The third kappa shape index (κ3) is 4.32. The van der Waals surface area contributed by atoms with Gasteiger partial charge in [-0.05, 0) is 25.8 Å². The fourth-order valence-corrected chi connectivity index (χ4v) is 0.587. The maximum atomic E-state index is 5.00. The Bertz CT molecular complexity index is 104. The normalized spacial score (nSPS) is 12.3. The van der Waals surface area contributed by atoms with Gasteiger partial charge in [0.05, 0.1) is 6.54 Å². The first kappa shape index (κ1) is 9.43. The molecule has 0 saturated heterocycles. The van der Waals surface area contributed by atoms with Crippen molar-refractivity contribution >= 4 is 6.21 Å². The molecule has 0 atom stereocenters. The minimum Gasteiger partial charge on any atom is -0.300 e. The van der Waals surface area contributed by atoms with Crippen molar-refractivity contribution in [3.63, 3.8) is 0 Å². The molecule has 0 aliphatic heterocycles. The summed E-state index contributed by atoms with van der Waals surface area (Å²) in [5.74, 6) is 0. The van der Waals surface area contributed by atoms with Crippen LogP contribution in [0.3, 0.4) is 0 Å². The molecule has 10 heavy (non-hydrogen) atoms. The molecule has 0 unspecified atom stereocenters. The van der Waals surface area contributed by atoms with Gasteiger partial charge in [0, 0.05) is 0 Å². The molecule has 0 N–H and O–H groups in total. The molecule has 0 aromatic rings. The van der Waals surface area contributed by atoms with E-state index >= 15 is 0 Å². The summed E-state index contributed by atoms with van der Waals surface area (Å²) in [6.07, 6.45) is 2.01. The maximum absolute atomic E-state index is 5.00. The highest BCUT2D eigenvalue weighted by Crippen LogP contribution is 1.74. The van der Waals surface area contributed by atoms with Crippen LogP contribution in [0.5, 0.6) is 0 Å². The molecule has 0 aliphatic carbocycles. The molecule has 0 bridgehead atoms. The summed E-state index contributed by atoms with van der Waals surface area (Å²) < 4.78 is 1.81. The van der Waals surface area contributed by atoms with Crippen LogP contribution in [0.1, 0.15) is 6.92 Å². The topological polar surface area (TPSA) is 15.5 Å². The minimum absolute atomic E-state index is 0.893. The van der Waals surface area contributed by atoms with Crippen molar-refractivity contribution in [2.24, 2.45) is 0 Å². The van der Waals surface area contributed by atoms with Crippen LogP contribution in [0.15, 0.2) is 0 Å². The molecule has 0 heterocycles. The Morgan fingerprint density at radius 1 is 1.50 bits per heavy atom. The highest BCUT2D eigenvalue weighted by atomic mass is 16.6. The molecule has 3 heteroatoms. The largest absolute Gasteiger partial charge is 0.300 e. The number of nitrogens with zero attached hydrogens (tertiary/aromatic N) is 2. The SMILES string of the molecule is CC/[N+](=C\CN(C)C)OC. The Balaban J connectivity index is 3.63. The molecular formula is C7H17N2O+. The van der Waals surface area contributed by atoms with E-state index in [1.165, 1.54) is 0 Å². The first-order valence-electron chi connectivity index (χ1n) is 3.49. The summed E-state index contributed by atoms with van der Waals surface area (Å²) in [5, 5.41) is 0. The molecule has 0 aliphatic rings. The predicted octanol–water partition coefficient (Wildman–Crippen LogP) is 0.213. The standard InChI is InChI=1S/C7H17N2O/c1-5-9(10-4)7-6-8(2)3/h7H,5-6H2,1-4H3/q+1/b9-7+. The zero-order valence-electron chi connectivity index (χ0n) is 7.29. The van der Waals surface area contributed by atoms with Gasteiger partial charge >= 0.3 is 0 Å². The molecule has 0 rings (SSSR count). The van der Waals surface area contributed by atoms with Gasteiger partial charge in [0.15, 0.2) is 6.54 Å². The smallest absolute Gasteiger partial charge is 0.206 e. The predicted molar refractivity (Wildman–Crippen MR) is 42.4 cm³/mol. The van der Waals surface area contributed by atoms with E-state index in [1.807, 2.05) is 20.3 Å². The van der Waals surface area contributed by atoms with Gasteiger partial charge in [0.2, 0.25) is 6.21 Å². The summed E-state index contributed by atoms with van der Waals surface area (Å²) in [5.41, 5.74) is 0. The zero-order valence-corrected chi connectivity index (χ0v) is 7.29. The van der Waals surface area contributed by atoms with Crippen LogP contribution >= 0.6 is 0 Å². The highest BCUT2D eigenvalue weighted by molar-refractivity contribution is 5.53. The van der Waals surface area contributed by atoms with Crippen LogP contribution in [-0.4, -0.2) is 50.1 Å². The fourth-order valence-electron chi connectivity index (χ4n) is 0.587. The zero-order chi connectivity index (χ0) is 7.98. The van der Waals surface area contributed by atoms with Crippen molar-refractivity contribution in [2.45, 2.75) is 6.92 Å². The van der Waals surface area contributed by atoms with E-state index < -0.39 is 0 Å². The summed E-state index contributed by atoms with van der Waals surface area (Å²) in [6.45, 7) is 3.86. The van der Waals surface area contributed by atoms with Gasteiger partial charge in [-0.2, -0.15) is 0 Å². The van der Waals surface area contributed by atoms with Crippen LogP contribution < -0.4 is 0 Å². The highest BCUT2D eigenvalue weighted by Gasteiger charge is 1.97. The van der Waals surface area contributed by atoms with Gasteiger partial charge in [-0.25, -0.2) is 0 Å². The molecule has 0 amide bonds. The molecule has 0 aromatic heterocycles. The molecular weight excluding hydrogens is 128 g/mol. The van der Waals surface area contributed by atoms with Gasteiger partial charge < -0.3 is 4.90 Å². The van der Waals surface area contributed by atoms with E-state index in [2.05, 4.69) is 11.8 Å². The number of hydrogen-bond donors (Lipinski definition) is 0. The van der Waals surface area contributed by atoms with Gasteiger partial charge in [-0.3, -0.25) is 4.84 Å². The number of rotatable bonds is 4. The fraction of sp³-hybridized carbons (Fsp3) is 0.857. The van der Waals surface area contributed by atoms with Crippen molar-refractivity contribution in [1.82, 2.24) is 4.90 Å².